The van der Waals surface area contributed by atoms with E-state index in [0.29, 0.717) is 21.8 Å². The molecule has 2 heteroatoms. The Kier molecular flexibility index (Phi) is 2.78. The molecule has 2 atom stereocenters. The van der Waals surface area contributed by atoms with Crippen molar-refractivity contribution in [2.75, 3.05) is 6.16 Å². The van der Waals surface area contributed by atoms with Gasteiger partial charge in [0.1, 0.15) is 0 Å². The first kappa shape index (κ1) is 12.6. The van der Waals surface area contributed by atoms with E-state index in [4.69, 9.17) is 0 Å². The molecule has 0 aliphatic carbocycles. The van der Waals surface area contributed by atoms with Crippen LogP contribution in [0.4, 0.5) is 0 Å². The summed E-state index contributed by atoms with van der Waals surface area (Å²) in [6.45, 7) is 12.1. The Hall–Kier alpha value is 0.100. The average molecular weight is 242 g/mol. The monoisotopic (exact) mass is 242 g/mol. The predicted molar refractivity (Wildman–Crippen MR) is 74.3 cm³/mol. The molecule has 0 aromatic carbocycles. The summed E-state index contributed by atoms with van der Waals surface area (Å²) in [5.41, 5.74) is 0.696. The molecule has 94 valence electrons. The molecule has 0 N–H and O–H groups in total. The maximum atomic E-state index is 11.9. The maximum absolute atomic E-state index is 11.9. The number of carbonyl (C=O) groups is 1. The Morgan fingerprint density at radius 1 is 1.38 bits per heavy atom. The summed E-state index contributed by atoms with van der Waals surface area (Å²) in [4.78, 5) is 11.9. The van der Waals surface area contributed by atoms with Gasteiger partial charge in [0.05, 0.1) is 0 Å². The molecule has 0 radical (unpaired) electrons. The summed E-state index contributed by atoms with van der Waals surface area (Å²) < 4.78 is 0. The van der Waals surface area contributed by atoms with E-state index in [9.17, 15) is 4.79 Å². The molecule has 2 saturated heterocycles. The molecule has 1 nitrogen and oxygen atoms in total. The van der Waals surface area contributed by atoms with Crippen molar-refractivity contribution >= 4 is 13.0 Å². The van der Waals surface area contributed by atoms with Crippen molar-refractivity contribution in [3.63, 3.8) is 0 Å². The number of Topliss-reactive ketones (excluding diaryl/α,β-unsaturated/α-hetero) is 1. The number of fused-ring (bicyclic) bond motifs is 1. The van der Waals surface area contributed by atoms with E-state index in [0.717, 1.165) is 12.8 Å². The Bertz CT molecular complexity index is 317. The quantitative estimate of drug-likeness (QED) is 0.590. The van der Waals surface area contributed by atoms with Crippen LogP contribution in [0.15, 0.2) is 0 Å². The fourth-order valence-electron chi connectivity index (χ4n) is 5.41. The first-order valence-corrected chi connectivity index (χ1v) is 9.03. The third-order valence-corrected chi connectivity index (χ3v) is 14.0. The number of rotatable bonds is 0. The van der Waals surface area contributed by atoms with Crippen molar-refractivity contribution in [3.8, 4) is 0 Å². The number of carbonyl (C=O) groups excluding carboxylic acids is 1. The topological polar surface area (TPSA) is 17.1 Å². The van der Waals surface area contributed by atoms with Gasteiger partial charge in [0.2, 0.25) is 0 Å². The van der Waals surface area contributed by atoms with Gasteiger partial charge in [-0.25, -0.2) is 0 Å². The van der Waals surface area contributed by atoms with Crippen LogP contribution in [0, 0.1) is 0 Å². The van der Waals surface area contributed by atoms with Gasteiger partial charge in [0, 0.05) is 0 Å². The predicted octanol–water partition coefficient (Wildman–Crippen LogP) is 3.84. The molecule has 2 heterocycles. The Morgan fingerprint density at radius 2 is 2.00 bits per heavy atom. The van der Waals surface area contributed by atoms with Gasteiger partial charge in [-0.15, -0.1) is 0 Å². The van der Waals surface area contributed by atoms with Crippen LogP contribution in [-0.4, -0.2) is 27.9 Å². The molecule has 0 bridgehead atoms. The molecular weight excluding hydrogens is 215 g/mol. The summed E-state index contributed by atoms with van der Waals surface area (Å²) in [7, 11) is -1.34. The molecular formula is C14H27OP. The first-order valence-electron chi connectivity index (χ1n) is 6.75. The summed E-state index contributed by atoms with van der Waals surface area (Å²) in [6.07, 6.45) is 5.91. The van der Waals surface area contributed by atoms with Crippen molar-refractivity contribution in [1.29, 1.82) is 0 Å². The van der Waals surface area contributed by atoms with E-state index in [1.807, 2.05) is 0 Å². The van der Waals surface area contributed by atoms with E-state index in [2.05, 4.69) is 34.6 Å². The van der Waals surface area contributed by atoms with Gasteiger partial charge in [-0.1, -0.05) is 0 Å². The molecule has 2 aliphatic heterocycles. The van der Waals surface area contributed by atoms with E-state index in [-0.39, 0.29) is 0 Å². The molecule has 2 unspecified atom stereocenters. The minimum atomic E-state index is -1.34. The van der Waals surface area contributed by atoms with Crippen LogP contribution in [0.5, 0.6) is 0 Å². The van der Waals surface area contributed by atoms with E-state index < -0.39 is 7.26 Å². The van der Waals surface area contributed by atoms with Crippen molar-refractivity contribution in [3.05, 3.63) is 0 Å². The number of hydrogen-bond acceptors (Lipinski definition) is 1. The molecule has 0 amide bonds. The van der Waals surface area contributed by atoms with Crippen molar-refractivity contribution in [2.24, 2.45) is 0 Å². The van der Waals surface area contributed by atoms with Crippen LogP contribution in [-0.2, 0) is 4.79 Å². The van der Waals surface area contributed by atoms with Crippen LogP contribution in [0.3, 0.4) is 0 Å². The fraction of sp³-hybridized carbons (Fsp3) is 0.929. The Balaban J connectivity index is 2.50. The number of hydrogen-bond donors (Lipinski definition) is 0. The van der Waals surface area contributed by atoms with Gasteiger partial charge in [-0.05, 0) is 0 Å². The van der Waals surface area contributed by atoms with Crippen LogP contribution >= 0.6 is 7.26 Å². The van der Waals surface area contributed by atoms with Gasteiger partial charge in [-0.3, -0.25) is 0 Å². The Morgan fingerprint density at radius 3 is 2.56 bits per heavy atom. The molecule has 16 heavy (non-hydrogen) atoms. The van der Waals surface area contributed by atoms with Gasteiger partial charge in [-0.2, -0.15) is 0 Å². The molecule has 0 saturated carbocycles. The second-order valence-corrected chi connectivity index (χ2v) is 13.6. The van der Waals surface area contributed by atoms with Crippen molar-refractivity contribution < 1.29 is 4.79 Å². The van der Waals surface area contributed by atoms with Crippen LogP contribution in [0.2, 0.25) is 0 Å². The zero-order chi connectivity index (χ0) is 12.2. The SMILES string of the molecule is CC1CC(=O)CC2(C)CCC[PH]12C(C)(C)C. The summed E-state index contributed by atoms with van der Waals surface area (Å²) in [5, 5.41) is 0.859. The van der Waals surface area contributed by atoms with Gasteiger partial charge < -0.3 is 0 Å². The van der Waals surface area contributed by atoms with Gasteiger partial charge in [0.25, 0.3) is 0 Å². The van der Waals surface area contributed by atoms with Crippen LogP contribution in [0.25, 0.3) is 0 Å². The van der Waals surface area contributed by atoms with E-state index in [1.54, 1.807) is 0 Å². The molecule has 2 rings (SSSR count). The summed E-state index contributed by atoms with van der Waals surface area (Å²) in [6, 6.07) is 0. The Labute approximate surface area is 101 Å². The third kappa shape index (κ3) is 1.43. The second-order valence-electron chi connectivity index (χ2n) is 7.46. The molecule has 0 aromatic rings. The third-order valence-electron chi connectivity index (χ3n) is 5.68. The summed E-state index contributed by atoms with van der Waals surface area (Å²) >= 11 is 0. The zero-order valence-corrected chi connectivity index (χ0v) is 12.5. The standard InChI is InChI=1S/C14H27OP/c1-11-9-12(15)10-14(5)7-6-8-16(11,14)13(2,3)4/h11,16H,6-10H2,1-5H3. The summed E-state index contributed by atoms with van der Waals surface area (Å²) in [5.74, 6) is 0.532. The van der Waals surface area contributed by atoms with Gasteiger partial charge >= 0.3 is 100 Å². The van der Waals surface area contributed by atoms with Crippen molar-refractivity contribution in [1.82, 2.24) is 0 Å². The van der Waals surface area contributed by atoms with Gasteiger partial charge in [0.15, 0.2) is 0 Å². The molecule has 2 aliphatic rings. The van der Waals surface area contributed by atoms with E-state index in [1.165, 1.54) is 19.0 Å². The normalized spacial score (nSPS) is 40.6. The fourth-order valence-corrected chi connectivity index (χ4v) is 14.2. The minimum absolute atomic E-state index is 0.403. The molecule has 0 spiro atoms. The average Bonchev–Trinajstić information content (AvgIpc) is 2.40. The second kappa shape index (κ2) is 3.55. The first-order chi connectivity index (χ1) is 7.23. The molecule has 2 fully saturated rings. The van der Waals surface area contributed by atoms with Crippen LogP contribution < -0.4 is 0 Å². The molecule has 0 aromatic heterocycles. The zero-order valence-electron chi connectivity index (χ0n) is 11.5. The van der Waals surface area contributed by atoms with Crippen LogP contribution in [0.1, 0.15) is 60.3 Å². The van der Waals surface area contributed by atoms with Crippen molar-refractivity contribution in [2.45, 2.75) is 76.3 Å². The number of ketones is 1. The van der Waals surface area contributed by atoms with E-state index >= 15 is 0 Å².